The number of benzene rings is 2. The number of urea groups is 1. The summed E-state index contributed by atoms with van der Waals surface area (Å²) >= 11 is 0. The number of carbonyl (C=O) groups is 1. The number of carbonyl (C=O) groups excluding carboxylic acids is 1. The summed E-state index contributed by atoms with van der Waals surface area (Å²) in [5.41, 5.74) is 0.268. The molecule has 2 aromatic rings. The second kappa shape index (κ2) is 7.30. The molecule has 1 heterocycles. The number of rotatable bonds is 3. The third-order valence-corrected chi connectivity index (χ3v) is 6.76. The number of hydrogen-bond donors (Lipinski definition) is 1. The van der Waals surface area contributed by atoms with Crippen LogP contribution in [-0.4, -0.2) is 37.1 Å². The van der Waals surface area contributed by atoms with Gasteiger partial charge in [-0.15, -0.1) is 0 Å². The average Bonchev–Trinajstić information content (AvgIpc) is 3.04. The van der Waals surface area contributed by atoms with Crippen molar-refractivity contribution in [2.75, 3.05) is 25.5 Å². The van der Waals surface area contributed by atoms with E-state index in [9.17, 15) is 18.0 Å². The van der Waals surface area contributed by atoms with E-state index < -0.39 is 17.3 Å². The monoisotopic (exact) mass is 417 g/mol. The molecule has 1 aliphatic heterocycles. The lowest BCUT2D eigenvalue weighted by atomic mass is 9.69. The molecule has 0 radical (unpaired) electrons. The fourth-order valence-corrected chi connectivity index (χ4v) is 4.93. The molecule has 1 aliphatic carbocycles. The zero-order chi connectivity index (χ0) is 21.6. The van der Waals surface area contributed by atoms with Crippen molar-refractivity contribution < 1.29 is 18.0 Å². The SMILES string of the molecule is CN(C)[C@]1(c2ccccc2)CC[C@@]2(CC1)CN(c1cccc(C(F)(F)F)c1)C(=O)N2. The highest BCUT2D eigenvalue weighted by Crippen LogP contribution is 2.46. The Morgan fingerprint density at radius 2 is 1.63 bits per heavy atom. The van der Waals surface area contributed by atoms with E-state index in [1.54, 1.807) is 6.07 Å². The molecule has 4 nitrogen and oxygen atoms in total. The van der Waals surface area contributed by atoms with E-state index in [1.165, 1.54) is 16.5 Å². The Bertz CT molecular complexity index is 919. The van der Waals surface area contributed by atoms with Crippen LogP contribution < -0.4 is 10.2 Å². The zero-order valence-corrected chi connectivity index (χ0v) is 17.2. The second-order valence-electron chi connectivity index (χ2n) is 8.64. The maximum Gasteiger partial charge on any atom is 0.416 e. The molecule has 1 saturated carbocycles. The molecule has 0 bridgehead atoms. The van der Waals surface area contributed by atoms with Gasteiger partial charge in [0.2, 0.25) is 0 Å². The molecule has 7 heteroatoms. The van der Waals surface area contributed by atoms with Crippen LogP contribution in [0.1, 0.15) is 36.8 Å². The van der Waals surface area contributed by atoms with E-state index in [0.717, 1.165) is 37.8 Å². The predicted molar refractivity (Wildman–Crippen MR) is 110 cm³/mol. The highest BCUT2D eigenvalue weighted by molar-refractivity contribution is 5.95. The van der Waals surface area contributed by atoms with Crippen LogP contribution in [0.4, 0.5) is 23.7 Å². The lowest BCUT2D eigenvalue weighted by molar-refractivity contribution is -0.137. The smallest absolute Gasteiger partial charge is 0.330 e. The molecular weight excluding hydrogens is 391 g/mol. The highest BCUT2D eigenvalue weighted by atomic mass is 19.4. The number of hydrogen-bond acceptors (Lipinski definition) is 2. The Morgan fingerprint density at radius 3 is 2.23 bits per heavy atom. The van der Waals surface area contributed by atoms with Crippen molar-refractivity contribution in [3.63, 3.8) is 0 Å². The van der Waals surface area contributed by atoms with E-state index in [1.807, 2.05) is 18.2 Å². The van der Waals surface area contributed by atoms with Crippen LogP contribution in [0.15, 0.2) is 54.6 Å². The van der Waals surface area contributed by atoms with Gasteiger partial charge < -0.3 is 5.32 Å². The van der Waals surface area contributed by atoms with Gasteiger partial charge in [0, 0.05) is 11.2 Å². The molecule has 160 valence electrons. The lowest BCUT2D eigenvalue weighted by Crippen LogP contribution is -2.54. The van der Waals surface area contributed by atoms with Gasteiger partial charge in [-0.1, -0.05) is 36.4 Å². The molecule has 30 heavy (non-hydrogen) atoms. The van der Waals surface area contributed by atoms with Crippen molar-refractivity contribution in [3.8, 4) is 0 Å². The molecule has 4 rings (SSSR count). The van der Waals surface area contributed by atoms with Crippen LogP contribution in [0.5, 0.6) is 0 Å². The Morgan fingerprint density at radius 1 is 0.967 bits per heavy atom. The molecule has 0 unspecified atom stereocenters. The van der Waals surface area contributed by atoms with Crippen molar-refractivity contribution >= 4 is 11.7 Å². The first-order chi connectivity index (χ1) is 14.2. The summed E-state index contributed by atoms with van der Waals surface area (Å²) in [6, 6.07) is 15.0. The van der Waals surface area contributed by atoms with E-state index >= 15 is 0 Å². The van der Waals surface area contributed by atoms with Gasteiger partial charge in [-0.25, -0.2) is 4.79 Å². The molecule has 1 spiro atoms. The third-order valence-electron chi connectivity index (χ3n) is 6.76. The van der Waals surface area contributed by atoms with Crippen LogP contribution in [-0.2, 0) is 11.7 Å². The van der Waals surface area contributed by atoms with Crippen molar-refractivity contribution in [2.24, 2.45) is 0 Å². The molecule has 2 aliphatic rings. The summed E-state index contributed by atoms with van der Waals surface area (Å²) in [4.78, 5) is 16.4. The van der Waals surface area contributed by atoms with Gasteiger partial charge >= 0.3 is 12.2 Å². The molecule has 2 fully saturated rings. The van der Waals surface area contributed by atoms with E-state index in [4.69, 9.17) is 0 Å². The Kier molecular flexibility index (Phi) is 5.04. The van der Waals surface area contributed by atoms with Crippen LogP contribution in [0.3, 0.4) is 0 Å². The molecule has 0 aromatic heterocycles. The third kappa shape index (κ3) is 3.55. The molecule has 2 aromatic carbocycles. The first-order valence-corrected chi connectivity index (χ1v) is 10.2. The average molecular weight is 417 g/mol. The highest BCUT2D eigenvalue weighted by Gasteiger charge is 2.50. The maximum absolute atomic E-state index is 13.1. The first-order valence-electron chi connectivity index (χ1n) is 10.2. The summed E-state index contributed by atoms with van der Waals surface area (Å²) in [5, 5.41) is 3.09. The number of alkyl halides is 3. The largest absolute Gasteiger partial charge is 0.416 e. The van der Waals surface area contributed by atoms with Gasteiger partial charge in [0.25, 0.3) is 0 Å². The normalized spacial score (nSPS) is 27.0. The molecule has 0 atom stereocenters. The van der Waals surface area contributed by atoms with Crippen LogP contribution >= 0.6 is 0 Å². The molecular formula is C23H26F3N3O. The van der Waals surface area contributed by atoms with Gasteiger partial charge in [-0.05, 0) is 63.5 Å². The minimum Gasteiger partial charge on any atom is -0.330 e. The number of anilines is 1. The Hall–Kier alpha value is -2.54. The topological polar surface area (TPSA) is 35.6 Å². The molecule has 1 N–H and O–H groups in total. The number of halogens is 3. The fourth-order valence-electron chi connectivity index (χ4n) is 4.93. The van der Waals surface area contributed by atoms with Crippen LogP contribution in [0, 0.1) is 0 Å². The van der Waals surface area contributed by atoms with Crippen LogP contribution in [0.25, 0.3) is 0 Å². The minimum atomic E-state index is -4.43. The summed E-state index contributed by atoms with van der Waals surface area (Å²) in [7, 11) is 4.15. The number of amides is 2. The summed E-state index contributed by atoms with van der Waals surface area (Å²) in [5.74, 6) is 0. The predicted octanol–water partition coefficient (Wildman–Crippen LogP) is 5.00. The summed E-state index contributed by atoms with van der Waals surface area (Å²) < 4.78 is 39.3. The van der Waals surface area contributed by atoms with E-state index in [2.05, 4.69) is 36.4 Å². The summed E-state index contributed by atoms with van der Waals surface area (Å²) in [6.45, 7) is 0.380. The van der Waals surface area contributed by atoms with Gasteiger partial charge in [-0.3, -0.25) is 9.80 Å². The molecule has 2 amide bonds. The minimum absolute atomic E-state index is 0.110. The van der Waals surface area contributed by atoms with Gasteiger partial charge in [0.15, 0.2) is 0 Å². The number of nitrogens with zero attached hydrogens (tertiary/aromatic N) is 2. The fraction of sp³-hybridized carbons (Fsp3) is 0.435. The summed E-state index contributed by atoms with van der Waals surface area (Å²) in [6.07, 6.45) is -1.18. The number of nitrogens with one attached hydrogen (secondary N) is 1. The Labute approximate surface area is 174 Å². The van der Waals surface area contributed by atoms with Crippen LogP contribution in [0.2, 0.25) is 0 Å². The van der Waals surface area contributed by atoms with Crippen molar-refractivity contribution in [2.45, 2.75) is 42.9 Å². The lowest BCUT2D eigenvalue weighted by Gasteiger charge is -2.48. The van der Waals surface area contributed by atoms with Crippen molar-refractivity contribution in [3.05, 3.63) is 65.7 Å². The van der Waals surface area contributed by atoms with Gasteiger partial charge in [0.05, 0.1) is 17.6 Å². The Balaban J connectivity index is 1.55. The van der Waals surface area contributed by atoms with Crippen molar-refractivity contribution in [1.29, 1.82) is 0 Å². The van der Waals surface area contributed by atoms with Crippen molar-refractivity contribution in [1.82, 2.24) is 10.2 Å². The second-order valence-corrected chi connectivity index (χ2v) is 8.64. The van der Waals surface area contributed by atoms with Gasteiger partial charge in [-0.2, -0.15) is 13.2 Å². The zero-order valence-electron chi connectivity index (χ0n) is 17.2. The van der Waals surface area contributed by atoms with E-state index in [0.29, 0.717) is 6.54 Å². The van der Waals surface area contributed by atoms with E-state index in [-0.39, 0.29) is 17.3 Å². The molecule has 1 saturated heterocycles. The van der Waals surface area contributed by atoms with Gasteiger partial charge in [0.1, 0.15) is 0 Å². The standard InChI is InChI=1S/C23H26F3N3O/c1-28(2)22(17-7-4-3-5-8-17)13-11-21(12-14-22)16-29(20(30)27-21)19-10-6-9-18(15-19)23(24,25)26/h3-10,15H,11-14,16H2,1-2H3,(H,27,30)/t21-,22-. The first kappa shape index (κ1) is 20.7. The maximum atomic E-state index is 13.1. The quantitative estimate of drug-likeness (QED) is 0.763.